The lowest BCUT2D eigenvalue weighted by Crippen LogP contribution is -2.68. The van der Waals surface area contributed by atoms with Gasteiger partial charge in [-0.25, -0.2) is 4.79 Å². The highest BCUT2D eigenvalue weighted by Gasteiger charge is 2.71. The van der Waals surface area contributed by atoms with Crippen LogP contribution in [0.5, 0.6) is 0 Å². The second-order valence-corrected chi connectivity index (χ2v) is 11.7. The SMILES string of the molecule is C[C@]12CC[C@H]3[C@@H](CC[C@]4(O)C[C@@H](O)CC[C@]34C=NNC(N)=S)[C@@]1(O)CC[C@@H]2C1=CC(=O)OC1. The smallest absolute Gasteiger partial charge is 0.331 e. The number of ether oxygens (including phenoxy) is 1. The molecule has 0 aromatic rings. The second kappa shape index (κ2) is 7.73. The molecule has 8 atom stereocenters. The first-order valence-electron chi connectivity index (χ1n) is 12.1. The maximum Gasteiger partial charge on any atom is 0.331 e. The summed E-state index contributed by atoms with van der Waals surface area (Å²) in [6.07, 6.45) is 8.63. The number of fused-ring (bicyclic) bond motifs is 5. The molecule has 8 nitrogen and oxygen atoms in total. The number of aliphatic hydroxyl groups is 3. The molecule has 0 amide bonds. The zero-order valence-corrected chi connectivity index (χ0v) is 19.9. The Morgan fingerprint density at radius 2 is 1.97 bits per heavy atom. The Labute approximate surface area is 199 Å². The summed E-state index contributed by atoms with van der Waals surface area (Å²) >= 11 is 4.91. The second-order valence-electron chi connectivity index (χ2n) is 11.3. The van der Waals surface area contributed by atoms with Gasteiger partial charge in [0.1, 0.15) is 6.61 Å². The Hall–Kier alpha value is -1.55. The maximum absolute atomic E-state index is 12.3. The largest absolute Gasteiger partial charge is 0.458 e. The number of thiocarbonyl (C=S) groups is 1. The minimum Gasteiger partial charge on any atom is -0.458 e. The molecule has 33 heavy (non-hydrogen) atoms. The molecular formula is C24H35N3O5S. The van der Waals surface area contributed by atoms with Crippen LogP contribution in [-0.4, -0.2) is 56.5 Å². The van der Waals surface area contributed by atoms with Crippen molar-refractivity contribution in [1.29, 1.82) is 0 Å². The van der Waals surface area contributed by atoms with Crippen molar-refractivity contribution in [2.24, 2.45) is 39.4 Å². The molecule has 0 unspecified atom stereocenters. The number of hydrogen-bond donors (Lipinski definition) is 5. The fourth-order valence-electron chi connectivity index (χ4n) is 8.57. The van der Waals surface area contributed by atoms with Gasteiger partial charge in [-0.3, -0.25) is 5.43 Å². The van der Waals surface area contributed by atoms with Crippen LogP contribution in [0.25, 0.3) is 0 Å². The van der Waals surface area contributed by atoms with Crippen LogP contribution in [0.3, 0.4) is 0 Å². The number of hydrazone groups is 1. The van der Waals surface area contributed by atoms with Gasteiger partial charge in [0.05, 0.1) is 17.3 Å². The highest BCUT2D eigenvalue weighted by atomic mass is 32.1. The summed E-state index contributed by atoms with van der Waals surface area (Å²) in [5, 5.41) is 39.0. The van der Waals surface area contributed by atoms with Gasteiger partial charge in [0.2, 0.25) is 0 Å². The molecule has 0 radical (unpaired) electrons. The zero-order valence-electron chi connectivity index (χ0n) is 19.1. The average molecular weight is 478 g/mol. The maximum atomic E-state index is 12.3. The number of rotatable bonds is 3. The van der Waals surface area contributed by atoms with Gasteiger partial charge < -0.3 is 25.8 Å². The van der Waals surface area contributed by atoms with Gasteiger partial charge in [-0.2, -0.15) is 5.10 Å². The van der Waals surface area contributed by atoms with Gasteiger partial charge in [0.25, 0.3) is 0 Å². The summed E-state index contributed by atoms with van der Waals surface area (Å²) in [6.45, 7) is 2.49. The van der Waals surface area contributed by atoms with Crippen LogP contribution in [0.1, 0.15) is 64.7 Å². The summed E-state index contributed by atoms with van der Waals surface area (Å²) in [5.74, 6) is -0.161. The molecule has 9 heteroatoms. The summed E-state index contributed by atoms with van der Waals surface area (Å²) in [6, 6.07) is 0. The minimum absolute atomic E-state index is 0.00771. The van der Waals surface area contributed by atoms with Crippen molar-refractivity contribution < 1.29 is 24.9 Å². The molecule has 5 rings (SSSR count). The van der Waals surface area contributed by atoms with E-state index in [1.807, 2.05) is 0 Å². The van der Waals surface area contributed by atoms with E-state index in [9.17, 15) is 20.1 Å². The molecule has 0 spiro atoms. The van der Waals surface area contributed by atoms with Gasteiger partial charge in [-0.05, 0) is 86.9 Å². The summed E-state index contributed by atoms with van der Waals surface area (Å²) < 4.78 is 5.20. The standard InChI is InChI=1S/C24H35N3O5S/c1-21-6-3-17-18(24(21,31)9-5-16(21)14-10-19(29)32-12-14)4-8-23(30)11-15(28)2-7-22(17,23)13-26-27-20(25)33/h10,13,15-18,28,30-31H,2-9,11-12H2,1H3,(H3,25,27,33)/t15-,16+,17-,18+,21+,22-,23-,24-/m0/s1. The number of nitrogens with zero attached hydrogens (tertiary/aromatic N) is 1. The van der Waals surface area contributed by atoms with Crippen molar-refractivity contribution in [3.05, 3.63) is 11.6 Å². The quantitative estimate of drug-likeness (QED) is 0.179. The molecule has 0 bridgehead atoms. The van der Waals surface area contributed by atoms with E-state index in [1.165, 1.54) is 0 Å². The van der Waals surface area contributed by atoms with Crippen molar-refractivity contribution in [2.75, 3.05) is 6.61 Å². The number of aliphatic hydroxyl groups excluding tert-OH is 1. The van der Waals surface area contributed by atoms with Crippen LogP contribution in [-0.2, 0) is 9.53 Å². The van der Waals surface area contributed by atoms with E-state index in [-0.39, 0.29) is 34.3 Å². The summed E-state index contributed by atoms with van der Waals surface area (Å²) in [4.78, 5) is 11.7. The van der Waals surface area contributed by atoms with Crippen LogP contribution in [0.2, 0.25) is 0 Å². The number of nitrogens with two attached hydrogens (primary N) is 1. The van der Waals surface area contributed by atoms with E-state index in [0.717, 1.165) is 24.8 Å². The minimum atomic E-state index is -1.09. The Bertz CT molecular complexity index is 926. The van der Waals surface area contributed by atoms with E-state index in [0.29, 0.717) is 45.1 Å². The molecule has 4 saturated carbocycles. The van der Waals surface area contributed by atoms with E-state index in [2.05, 4.69) is 17.5 Å². The third kappa shape index (κ3) is 3.22. The molecule has 1 heterocycles. The number of cyclic esters (lactones) is 1. The third-order valence-corrected chi connectivity index (χ3v) is 10.2. The lowest BCUT2D eigenvalue weighted by molar-refractivity contribution is -0.237. The molecule has 0 aromatic heterocycles. The van der Waals surface area contributed by atoms with E-state index < -0.39 is 22.7 Å². The Morgan fingerprint density at radius 1 is 1.21 bits per heavy atom. The van der Waals surface area contributed by atoms with Crippen molar-refractivity contribution in [3.63, 3.8) is 0 Å². The molecule has 1 aliphatic heterocycles. The van der Waals surface area contributed by atoms with Gasteiger partial charge >= 0.3 is 5.97 Å². The predicted octanol–water partition coefficient (Wildman–Crippen LogP) is 1.52. The van der Waals surface area contributed by atoms with Crippen molar-refractivity contribution >= 4 is 29.5 Å². The van der Waals surface area contributed by atoms with Crippen LogP contribution in [0.15, 0.2) is 16.8 Å². The Balaban J connectivity index is 1.52. The summed E-state index contributed by atoms with van der Waals surface area (Å²) in [5.41, 5.74) is 6.20. The third-order valence-electron chi connectivity index (χ3n) is 10.1. The Morgan fingerprint density at radius 3 is 2.67 bits per heavy atom. The lowest BCUT2D eigenvalue weighted by atomic mass is 9.41. The highest BCUT2D eigenvalue weighted by molar-refractivity contribution is 7.80. The van der Waals surface area contributed by atoms with E-state index in [1.54, 1.807) is 12.3 Å². The van der Waals surface area contributed by atoms with Crippen molar-refractivity contribution in [2.45, 2.75) is 82.0 Å². The number of esters is 1. The van der Waals surface area contributed by atoms with E-state index in [4.69, 9.17) is 22.7 Å². The molecule has 5 aliphatic rings. The molecular weight excluding hydrogens is 442 g/mol. The molecule has 4 aliphatic carbocycles. The van der Waals surface area contributed by atoms with Crippen LogP contribution < -0.4 is 11.2 Å². The van der Waals surface area contributed by atoms with Gasteiger partial charge in [-0.15, -0.1) is 0 Å². The normalized spacial score (nSPS) is 49.1. The molecule has 4 fully saturated rings. The van der Waals surface area contributed by atoms with Crippen LogP contribution >= 0.6 is 12.2 Å². The van der Waals surface area contributed by atoms with Gasteiger partial charge in [-0.1, -0.05) is 6.92 Å². The number of nitrogens with one attached hydrogen (secondary N) is 1. The molecule has 182 valence electrons. The molecule has 0 aromatic carbocycles. The van der Waals surface area contributed by atoms with Crippen LogP contribution in [0, 0.1) is 28.6 Å². The van der Waals surface area contributed by atoms with E-state index >= 15 is 0 Å². The Kier molecular flexibility index (Phi) is 5.44. The number of hydrogen-bond acceptors (Lipinski definition) is 7. The lowest BCUT2D eigenvalue weighted by Gasteiger charge is -2.65. The van der Waals surface area contributed by atoms with Crippen molar-refractivity contribution in [3.8, 4) is 0 Å². The first-order valence-corrected chi connectivity index (χ1v) is 12.6. The van der Waals surface area contributed by atoms with Crippen LogP contribution in [0.4, 0.5) is 0 Å². The monoisotopic (exact) mass is 477 g/mol. The predicted molar refractivity (Wildman–Crippen MR) is 126 cm³/mol. The fourth-order valence-corrected chi connectivity index (χ4v) is 8.62. The first kappa shape index (κ1) is 23.2. The number of carbonyl (C=O) groups excluding carboxylic acids is 1. The zero-order chi connectivity index (χ0) is 23.6. The average Bonchev–Trinajstić information content (AvgIpc) is 3.28. The molecule has 6 N–H and O–H groups in total. The number of carbonyl (C=O) groups is 1. The first-order chi connectivity index (χ1) is 15.5. The van der Waals surface area contributed by atoms with Crippen molar-refractivity contribution in [1.82, 2.24) is 5.43 Å². The van der Waals surface area contributed by atoms with Gasteiger partial charge in [0.15, 0.2) is 5.11 Å². The van der Waals surface area contributed by atoms with Gasteiger partial charge in [0, 0.05) is 29.5 Å². The topological polar surface area (TPSA) is 137 Å². The highest BCUT2D eigenvalue weighted by Crippen LogP contribution is 2.70. The summed E-state index contributed by atoms with van der Waals surface area (Å²) in [7, 11) is 0. The fraction of sp³-hybridized carbons (Fsp3) is 0.792. The molecule has 0 saturated heterocycles.